The zero-order valence-corrected chi connectivity index (χ0v) is 17.1. The standard InChI is InChI=1S/C12H9I3N2O4/c1-21-3-2-17-11(18)6-8(13)5(4-16)9(14)7(10(6)15)12(19)20/h2-3H2,1H3,(H,17,18)(H,19,20). The Morgan fingerprint density at radius 1 is 1.24 bits per heavy atom. The summed E-state index contributed by atoms with van der Waals surface area (Å²) in [6.07, 6.45) is 0. The van der Waals surface area contributed by atoms with Crippen molar-refractivity contribution >= 4 is 79.6 Å². The van der Waals surface area contributed by atoms with Gasteiger partial charge in [0.2, 0.25) is 0 Å². The minimum atomic E-state index is -1.16. The molecule has 21 heavy (non-hydrogen) atoms. The highest BCUT2D eigenvalue weighted by Gasteiger charge is 2.27. The molecule has 0 aliphatic heterocycles. The van der Waals surface area contributed by atoms with Crippen LogP contribution in [0.2, 0.25) is 0 Å². The number of benzene rings is 1. The van der Waals surface area contributed by atoms with Crippen LogP contribution in [-0.2, 0) is 4.74 Å². The summed E-state index contributed by atoms with van der Waals surface area (Å²) in [6.45, 7) is 0.651. The maximum absolute atomic E-state index is 12.2. The first kappa shape index (κ1) is 18.8. The number of nitrogens with one attached hydrogen (secondary N) is 1. The average molecular weight is 626 g/mol. The highest BCUT2D eigenvalue weighted by Crippen LogP contribution is 2.31. The molecular formula is C12H9I3N2O4. The average Bonchev–Trinajstić information content (AvgIpc) is 2.38. The van der Waals surface area contributed by atoms with Gasteiger partial charge in [0.1, 0.15) is 6.07 Å². The van der Waals surface area contributed by atoms with E-state index in [0.29, 0.717) is 23.9 Å². The van der Waals surface area contributed by atoms with Crippen LogP contribution in [-0.4, -0.2) is 37.2 Å². The molecule has 0 heterocycles. The number of carboxylic acids is 1. The molecule has 0 aliphatic carbocycles. The van der Waals surface area contributed by atoms with Gasteiger partial charge in [0.25, 0.3) is 5.91 Å². The normalized spacial score (nSPS) is 10.0. The van der Waals surface area contributed by atoms with Crippen LogP contribution in [0.15, 0.2) is 0 Å². The number of ether oxygens (including phenoxy) is 1. The Hall–Kier alpha value is -0.200. The smallest absolute Gasteiger partial charge is 0.337 e. The second-order valence-corrected chi connectivity index (χ2v) is 6.97. The molecule has 0 spiro atoms. The molecule has 112 valence electrons. The predicted molar refractivity (Wildman–Crippen MR) is 100 cm³/mol. The third-order valence-corrected chi connectivity index (χ3v) is 5.70. The number of nitriles is 1. The van der Waals surface area contributed by atoms with Gasteiger partial charge in [-0.15, -0.1) is 0 Å². The van der Waals surface area contributed by atoms with E-state index in [1.807, 2.05) is 73.8 Å². The van der Waals surface area contributed by atoms with Crippen molar-refractivity contribution in [2.75, 3.05) is 20.3 Å². The molecule has 0 saturated carbocycles. The van der Waals surface area contributed by atoms with Gasteiger partial charge in [0, 0.05) is 24.4 Å². The molecule has 1 amide bonds. The number of halogens is 3. The fourth-order valence-corrected chi connectivity index (χ4v) is 5.86. The van der Waals surface area contributed by atoms with Crippen molar-refractivity contribution in [1.29, 1.82) is 5.26 Å². The number of carboxylic acid groups (broad SMARTS) is 1. The van der Waals surface area contributed by atoms with E-state index < -0.39 is 11.9 Å². The zero-order chi connectivity index (χ0) is 16.2. The fourth-order valence-electron chi connectivity index (χ4n) is 1.50. The number of aromatic carboxylic acids is 1. The highest BCUT2D eigenvalue weighted by molar-refractivity contribution is 14.1. The van der Waals surface area contributed by atoms with Crippen LogP contribution in [0.4, 0.5) is 0 Å². The minimum absolute atomic E-state index is 0.0231. The number of carbonyl (C=O) groups is 2. The minimum Gasteiger partial charge on any atom is -0.478 e. The summed E-state index contributed by atoms with van der Waals surface area (Å²) >= 11 is 5.53. The molecule has 0 radical (unpaired) electrons. The van der Waals surface area contributed by atoms with Crippen LogP contribution >= 0.6 is 67.8 Å². The lowest BCUT2D eigenvalue weighted by Gasteiger charge is -2.14. The van der Waals surface area contributed by atoms with Crippen LogP contribution in [0.5, 0.6) is 0 Å². The number of methoxy groups -OCH3 is 1. The molecule has 1 rings (SSSR count). The van der Waals surface area contributed by atoms with Gasteiger partial charge in [0.15, 0.2) is 0 Å². The summed E-state index contributed by atoms with van der Waals surface area (Å²) in [5, 5.41) is 21.2. The Bertz CT molecular complexity index is 641. The molecule has 0 aromatic heterocycles. The van der Waals surface area contributed by atoms with E-state index in [-0.39, 0.29) is 16.7 Å². The Kier molecular flexibility index (Phi) is 7.57. The molecule has 9 heteroatoms. The molecule has 1 aromatic rings. The molecule has 1 aromatic carbocycles. The monoisotopic (exact) mass is 626 g/mol. The van der Waals surface area contributed by atoms with Crippen molar-refractivity contribution in [3.8, 4) is 6.07 Å². The van der Waals surface area contributed by atoms with E-state index in [4.69, 9.17) is 4.74 Å². The van der Waals surface area contributed by atoms with Crippen molar-refractivity contribution in [3.05, 3.63) is 27.4 Å². The maximum Gasteiger partial charge on any atom is 0.337 e. The number of rotatable bonds is 5. The molecule has 0 fully saturated rings. The van der Waals surface area contributed by atoms with Crippen LogP contribution < -0.4 is 5.32 Å². The summed E-state index contributed by atoms with van der Waals surface area (Å²) < 4.78 is 5.96. The van der Waals surface area contributed by atoms with Crippen LogP contribution in [0, 0.1) is 22.0 Å². The lowest BCUT2D eigenvalue weighted by atomic mass is 10.1. The molecule has 0 aliphatic rings. The summed E-state index contributed by atoms with van der Waals surface area (Å²) in [6, 6.07) is 1.96. The van der Waals surface area contributed by atoms with Crippen molar-refractivity contribution in [2.24, 2.45) is 0 Å². The third kappa shape index (κ3) is 4.17. The first-order chi connectivity index (χ1) is 9.86. The maximum atomic E-state index is 12.2. The summed E-state index contributed by atoms with van der Waals surface area (Å²) in [5.74, 6) is -1.58. The van der Waals surface area contributed by atoms with Gasteiger partial charge in [-0.25, -0.2) is 4.79 Å². The van der Waals surface area contributed by atoms with Crippen molar-refractivity contribution in [3.63, 3.8) is 0 Å². The van der Waals surface area contributed by atoms with E-state index in [2.05, 4.69) is 5.32 Å². The fraction of sp³-hybridized carbons (Fsp3) is 0.250. The van der Waals surface area contributed by atoms with E-state index in [1.54, 1.807) is 0 Å². The van der Waals surface area contributed by atoms with Crippen LogP contribution in [0.25, 0.3) is 0 Å². The topological polar surface area (TPSA) is 99.4 Å². The highest BCUT2D eigenvalue weighted by atomic mass is 127. The van der Waals surface area contributed by atoms with Gasteiger partial charge in [-0.2, -0.15) is 5.26 Å². The first-order valence-corrected chi connectivity index (χ1v) is 8.71. The lowest BCUT2D eigenvalue weighted by Crippen LogP contribution is -2.29. The third-order valence-electron chi connectivity index (χ3n) is 2.46. The largest absolute Gasteiger partial charge is 0.478 e. The number of amides is 1. The van der Waals surface area contributed by atoms with Crippen molar-refractivity contribution in [1.82, 2.24) is 5.32 Å². The summed E-state index contributed by atoms with van der Waals surface area (Å²) in [5.41, 5.74) is 0.387. The van der Waals surface area contributed by atoms with Crippen LogP contribution in [0.3, 0.4) is 0 Å². The van der Waals surface area contributed by atoms with E-state index in [1.165, 1.54) is 7.11 Å². The van der Waals surface area contributed by atoms with E-state index in [0.717, 1.165) is 0 Å². The van der Waals surface area contributed by atoms with Crippen molar-refractivity contribution < 1.29 is 19.4 Å². The number of nitrogens with zero attached hydrogens (tertiary/aromatic N) is 1. The molecule has 0 atom stereocenters. The van der Waals surface area contributed by atoms with Gasteiger partial charge in [0.05, 0.1) is 23.3 Å². The Labute approximate surface area is 162 Å². The Morgan fingerprint density at radius 3 is 2.29 bits per heavy atom. The molecule has 0 saturated heterocycles. The molecule has 0 bridgehead atoms. The van der Waals surface area contributed by atoms with Gasteiger partial charge < -0.3 is 15.2 Å². The van der Waals surface area contributed by atoms with Gasteiger partial charge in [-0.1, -0.05) is 0 Å². The quantitative estimate of drug-likeness (QED) is 0.387. The Balaban J connectivity index is 3.45. The molecule has 6 nitrogen and oxygen atoms in total. The zero-order valence-electron chi connectivity index (χ0n) is 10.7. The van der Waals surface area contributed by atoms with Gasteiger partial charge in [-0.3, -0.25) is 4.79 Å². The van der Waals surface area contributed by atoms with E-state index >= 15 is 0 Å². The van der Waals surface area contributed by atoms with Gasteiger partial charge >= 0.3 is 5.97 Å². The summed E-state index contributed by atoms with van der Waals surface area (Å²) in [4.78, 5) is 23.6. The number of hydrogen-bond donors (Lipinski definition) is 2. The van der Waals surface area contributed by atoms with Crippen LogP contribution in [0.1, 0.15) is 26.3 Å². The second kappa shape index (κ2) is 8.44. The summed E-state index contributed by atoms with van der Waals surface area (Å²) in [7, 11) is 1.51. The van der Waals surface area contributed by atoms with Gasteiger partial charge in [-0.05, 0) is 67.8 Å². The Morgan fingerprint density at radius 2 is 1.81 bits per heavy atom. The second-order valence-electron chi connectivity index (χ2n) is 3.73. The molecule has 0 unspecified atom stereocenters. The SMILES string of the molecule is COCCNC(=O)c1c(I)c(C#N)c(I)c(C(=O)O)c1I. The lowest BCUT2D eigenvalue weighted by molar-refractivity contribution is 0.0694. The van der Waals surface area contributed by atoms with E-state index in [9.17, 15) is 20.0 Å². The number of hydrogen-bond acceptors (Lipinski definition) is 4. The predicted octanol–water partition coefficient (Wildman–Crippen LogP) is 2.45. The molecular weight excluding hydrogens is 617 g/mol. The molecule has 2 N–H and O–H groups in total. The first-order valence-electron chi connectivity index (χ1n) is 5.47. The number of carbonyl (C=O) groups excluding carboxylic acids is 1. The van der Waals surface area contributed by atoms with Crippen molar-refractivity contribution in [2.45, 2.75) is 0 Å².